The second-order valence-electron chi connectivity index (χ2n) is 5.23. The number of nitrogens with one attached hydrogen (secondary N) is 1. The molecule has 0 atom stereocenters. The fraction of sp³-hybridized carbons (Fsp3) is 0.214. The van der Waals surface area contributed by atoms with Crippen molar-refractivity contribution in [2.75, 3.05) is 11.6 Å². The third-order valence-corrected chi connectivity index (χ3v) is 6.19. The van der Waals surface area contributed by atoms with Gasteiger partial charge in [-0.1, -0.05) is 17.7 Å². The molecular formula is C14H15ClN6O2S3. The van der Waals surface area contributed by atoms with Gasteiger partial charge in [-0.2, -0.15) is 0 Å². The molecule has 3 rings (SSSR count). The summed E-state index contributed by atoms with van der Waals surface area (Å²) in [7, 11) is -3.99. The number of thiophene rings is 1. The van der Waals surface area contributed by atoms with Crippen molar-refractivity contribution in [2.45, 2.75) is 17.3 Å². The SMILES string of the molecule is CSCn1nnnc1-c1cc(S(N)(=O)=O)c(Cl)cc1NCc1cccs1. The minimum absolute atomic E-state index is 0.0359. The third-order valence-electron chi connectivity index (χ3n) is 3.44. The van der Waals surface area contributed by atoms with Crippen molar-refractivity contribution in [3.05, 3.63) is 39.5 Å². The van der Waals surface area contributed by atoms with Gasteiger partial charge < -0.3 is 5.32 Å². The first-order valence-corrected chi connectivity index (χ1v) is 11.5. The van der Waals surface area contributed by atoms with Gasteiger partial charge in [0.2, 0.25) is 10.0 Å². The average Bonchev–Trinajstić information content (AvgIpc) is 3.24. The lowest BCUT2D eigenvalue weighted by atomic mass is 10.1. The molecule has 3 aromatic rings. The van der Waals surface area contributed by atoms with Crippen LogP contribution in [0.2, 0.25) is 5.02 Å². The molecule has 0 fully saturated rings. The second kappa shape index (κ2) is 7.92. The van der Waals surface area contributed by atoms with Crippen LogP contribution in [0.3, 0.4) is 0 Å². The number of thioether (sulfide) groups is 1. The van der Waals surface area contributed by atoms with Gasteiger partial charge in [0.1, 0.15) is 4.90 Å². The van der Waals surface area contributed by atoms with Crippen LogP contribution in [0.15, 0.2) is 34.5 Å². The fourth-order valence-electron chi connectivity index (χ4n) is 2.30. The van der Waals surface area contributed by atoms with Crippen molar-refractivity contribution >= 4 is 50.4 Å². The first kappa shape index (κ1) is 19.1. The van der Waals surface area contributed by atoms with E-state index >= 15 is 0 Å². The van der Waals surface area contributed by atoms with Crippen LogP contribution in [0.5, 0.6) is 0 Å². The van der Waals surface area contributed by atoms with Gasteiger partial charge >= 0.3 is 0 Å². The zero-order valence-electron chi connectivity index (χ0n) is 13.6. The van der Waals surface area contributed by atoms with Crippen LogP contribution < -0.4 is 10.5 Å². The number of halogens is 1. The van der Waals surface area contributed by atoms with E-state index in [1.54, 1.807) is 16.0 Å². The number of rotatable bonds is 7. The molecule has 0 radical (unpaired) electrons. The Morgan fingerprint density at radius 1 is 1.42 bits per heavy atom. The second-order valence-corrected chi connectivity index (χ2v) is 9.03. The van der Waals surface area contributed by atoms with Crippen LogP contribution in [0.4, 0.5) is 5.69 Å². The Kier molecular flexibility index (Phi) is 5.82. The molecule has 0 spiro atoms. The van der Waals surface area contributed by atoms with Crippen molar-refractivity contribution in [1.82, 2.24) is 20.2 Å². The summed E-state index contributed by atoms with van der Waals surface area (Å²) in [5, 5.41) is 22.2. The highest BCUT2D eigenvalue weighted by molar-refractivity contribution is 7.97. The van der Waals surface area contributed by atoms with Gasteiger partial charge in [0.15, 0.2) is 5.82 Å². The Bertz CT molecular complexity index is 1000. The number of primary sulfonamides is 1. The lowest BCUT2D eigenvalue weighted by molar-refractivity contribution is 0.598. The molecule has 0 aliphatic carbocycles. The maximum absolute atomic E-state index is 11.9. The number of nitrogens with zero attached hydrogens (tertiary/aromatic N) is 4. The highest BCUT2D eigenvalue weighted by atomic mass is 35.5. The van der Waals surface area contributed by atoms with Crippen LogP contribution >= 0.6 is 34.7 Å². The van der Waals surface area contributed by atoms with E-state index < -0.39 is 10.0 Å². The van der Waals surface area contributed by atoms with Gasteiger partial charge in [0, 0.05) is 22.7 Å². The zero-order valence-corrected chi connectivity index (χ0v) is 16.8. The van der Waals surface area contributed by atoms with Gasteiger partial charge in [0.25, 0.3) is 0 Å². The minimum atomic E-state index is -3.99. The van der Waals surface area contributed by atoms with E-state index in [2.05, 4.69) is 20.8 Å². The maximum atomic E-state index is 11.9. The van der Waals surface area contributed by atoms with Crippen molar-refractivity contribution in [2.24, 2.45) is 5.14 Å². The Morgan fingerprint density at radius 3 is 2.88 bits per heavy atom. The number of sulfonamides is 1. The molecule has 138 valence electrons. The van der Waals surface area contributed by atoms with Gasteiger partial charge in [-0.3, -0.25) is 0 Å². The highest BCUT2D eigenvalue weighted by Crippen LogP contribution is 2.34. The average molecular weight is 431 g/mol. The highest BCUT2D eigenvalue weighted by Gasteiger charge is 2.21. The molecule has 0 aliphatic heterocycles. The van der Waals surface area contributed by atoms with Crippen LogP contribution in [-0.4, -0.2) is 34.9 Å². The fourth-order valence-corrected chi connectivity index (χ4v) is 4.47. The monoisotopic (exact) mass is 430 g/mol. The van der Waals surface area contributed by atoms with E-state index in [9.17, 15) is 8.42 Å². The molecule has 0 unspecified atom stereocenters. The summed E-state index contributed by atoms with van der Waals surface area (Å²) in [5.41, 5.74) is 1.13. The summed E-state index contributed by atoms with van der Waals surface area (Å²) in [6.45, 7) is 0.555. The van der Waals surface area contributed by atoms with Crippen LogP contribution in [-0.2, 0) is 22.4 Å². The topological polar surface area (TPSA) is 116 Å². The Morgan fingerprint density at radius 2 is 2.23 bits per heavy atom. The molecule has 26 heavy (non-hydrogen) atoms. The van der Waals surface area contributed by atoms with Crippen LogP contribution in [0, 0.1) is 0 Å². The summed E-state index contributed by atoms with van der Waals surface area (Å²) in [5.74, 6) is 0.939. The molecule has 1 aromatic carbocycles. The smallest absolute Gasteiger partial charge is 0.239 e. The Balaban J connectivity index is 2.09. The van der Waals surface area contributed by atoms with E-state index in [-0.39, 0.29) is 9.92 Å². The predicted octanol–water partition coefficient (Wildman–Crippen LogP) is 2.64. The molecule has 2 aromatic heterocycles. The first-order valence-electron chi connectivity index (χ1n) is 7.28. The molecule has 0 saturated carbocycles. The molecule has 0 saturated heterocycles. The summed E-state index contributed by atoms with van der Waals surface area (Å²) in [6.07, 6.45) is 1.92. The number of hydrogen-bond acceptors (Lipinski definition) is 8. The summed E-state index contributed by atoms with van der Waals surface area (Å²) >= 11 is 9.29. The van der Waals surface area contributed by atoms with Gasteiger partial charge in [-0.05, 0) is 40.3 Å². The Labute approximate surface area is 163 Å². The number of hydrogen-bond donors (Lipinski definition) is 2. The third kappa shape index (κ3) is 4.18. The molecule has 3 N–H and O–H groups in total. The molecule has 12 heteroatoms. The van der Waals surface area contributed by atoms with Crippen LogP contribution in [0.25, 0.3) is 11.4 Å². The summed E-state index contributed by atoms with van der Waals surface area (Å²) in [6, 6.07) is 6.88. The largest absolute Gasteiger partial charge is 0.380 e. The van der Waals surface area contributed by atoms with Crippen molar-refractivity contribution in [1.29, 1.82) is 0 Å². The Hall–Kier alpha value is -1.66. The molecule has 2 heterocycles. The van der Waals surface area contributed by atoms with Crippen molar-refractivity contribution < 1.29 is 8.42 Å². The van der Waals surface area contributed by atoms with Crippen molar-refractivity contribution in [3.63, 3.8) is 0 Å². The van der Waals surface area contributed by atoms with Gasteiger partial charge in [-0.15, -0.1) is 28.2 Å². The molecule has 8 nitrogen and oxygen atoms in total. The number of benzene rings is 1. The standard InChI is InChI=1S/C14H15ClN6O2S3/c1-24-8-21-14(18-19-20-21)10-5-13(26(16,22)23)11(15)6-12(10)17-7-9-3-2-4-25-9/h2-6,17H,7-8H2,1H3,(H2,16,22,23). The summed E-state index contributed by atoms with van der Waals surface area (Å²) < 4.78 is 25.3. The number of tetrazole rings is 1. The van der Waals surface area contributed by atoms with Gasteiger partial charge in [-0.25, -0.2) is 18.2 Å². The lowest BCUT2D eigenvalue weighted by Gasteiger charge is -2.14. The molecule has 0 aliphatic rings. The lowest BCUT2D eigenvalue weighted by Crippen LogP contribution is -2.14. The van der Waals surface area contributed by atoms with E-state index in [0.29, 0.717) is 29.5 Å². The minimum Gasteiger partial charge on any atom is -0.380 e. The predicted molar refractivity (Wildman–Crippen MR) is 105 cm³/mol. The van der Waals surface area contributed by atoms with E-state index in [4.69, 9.17) is 16.7 Å². The number of anilines is 1. The molecule has 0 amide bonds. The van der Waals surface area contributed by atoms with E-state index in [1.165, 1.54) is 23.9 Å². The number of aromatic nitrogens is 4. The quantitative estimate of drug-likeness (QED) is 0.591. The first-order chi connectivity index (χ1) is 12.4. The number of nitrogens with two attached hydrogens (primary N) is 1. The summed E-state index contributed by atoms with van der Waals surface area (Å²) in [4.78, 5) is 0.945. The van der Waals surface area contributed by atoms with Crippen LogP contribution in [0.1, 0.15) is 4.88 Å². The normalized spacial score (nSPS) is 11.7. The van der Waals surface area contributed by atoms with E-state index in [1.807, 2.05) is 23.8 Å². The molecule has 0 bridgehead atoms. The van der Waals surface area contributed by atoms with Crippen molar-refractivity contribution in [3.8, 4) is 11.4 Å². The van der Waals surface area contributed by atoms with E-state index in [0.717, 1.165) is 4.88 Å². The maximum Gasteiger partial charge on any atom is 0.239 e. The van der Waals surface area contributed by atoms with Gasteiger partial charge in [0.05, 0.1) is 10.9 Å². The molecular weight excluding hydrogens is 416 g/mol. The zero-order chi connectivity index (χ0) is 18.7.